The van der Waals surface area contributed by atoms with Crippen LogP contribution in [0.1, 0.15) is 28.9 Å². The smallest absolute Gasteiger partial charge is 0.203 e. The van der Waals surface area contributed by atoms with E-state index in [0.717, 1.165) is 12.1 Å². The molecule has 0 saturated carbocycles. The van der Waals surface area contributed by atoms with E-state index in [0.29, 0.717) is 0 Å². The lowest BCUT2D eigenvalue weighted by Crippen LogP contribution is -2.63. The zero-order valence-corrected chi connectivity index (χ0v) is 28.1. The average Bonchev–Trinajstić information content (AvgIpc) is 3.12. The Morgan fingerprint density at radius 2 is 1.47 bits per heavy atom. The molecule has 2 aromatic carbocycles. The summed E-state index contributed by atoms with van der Waals surface area (Å²) in [6.45, 7) is 0.338. The van der Waals surface area contributed by atoms with Gasteiger partial charge in [-0.1, -0.05) is 6.07 Å². The molecule has 294 valence electrons. The van der Waals surface area contributed by atoms with Gasteiger partial charge in [0.25, 0.3) is 0 Å². The van der Waals surface area contributed by atoms with E-state index in [4.69, 9.17) is 37.9 Å². The first kappa shape index (κ1) is 39.2. The van der Waals surface area contributed by atoms with E-state index in [1.807, 2.05) is 0 Å². The molecule has 6 rings (SSSR count). The second-order valence-corrected chi connectivity index (χ2v) is 13.1. The van der Waals surface area contributed by atoms with Gasteiger partial charge in [0.2, 0.25) is 5.78 Å². The van der Waals surface area contributed by atoms with E-state index in [1.165, 1.54) is 32.2 Å². The number of ketones is 1. The molecule has 2 aromatic rings. The minimum Gasteiger partial charge on any atom is -0.508 e. The number of methoxy groups -OCH3 is 1. The van der Waals surface area contributed by atoms with Crippen molar-refractivity contribution in [2.45, 2.75) is 105 Å². The van der Waals surface area contributed by atoms with Crippen molar-refractivity contribution in [2.75, 3.05) is 20.3 Å². The molecule has 0 aromatic heterocycles. The second-order valence-electron chi connectivity index (χ2n) is 13.1. The van der Waals surface area contributed by atoms with E-state index >= 15 is 0 Å². The van der Waals surface area contributed by atoms with E-state index in [9.17, 15) is 61.0 Å². The Labute approximate surface area is 300 Å². The molecule has 3 unspecified atom stereocenters. The zero-order chi connectivity index (χ0) is 38.5. The van der Waals surface area contributed by atoms with Crippen molar-refractivity contribution in [2.24, 2.45) is 0 Å². The van der Waals surface area contributed by atoms with Gasteiger partial charge in [0.15, 0.2) is 42.6 Å². The number of hydrogen-bond acceptors (Lipinski definition) is 20. The quantitative estimate of drug-likeness (QED) is 0.119. The number of aliphatic hydroxyl groups excluding tert-OH is 8. The number of carbonyl (C=O) groups is 1. The number of phenols is 3. The molecule has 4 aliphatic heterocycles. The van der Waals surface area contributed by atoms with Crippen LogP contribution in [0.15, 0.2) is 30.3 Å². The average molecular weight is 759 g/mol. The summed E-state index contributed by atoms with van der Waals surface area (Å²) in [5.41, 5.74) is -0.181. The Kier molecular flexibility index (Phi) is 11.6. The lowest BCUT2D eigenvalue weighted by Gasteiger charge is -2.45. The number of hydrogen-bond donors (Lipinski definition) is 11. The number of ether oxygens (including phenoxy) is 8. The van der Waals surface area contributed by atoms with Crippen molar-refractivity contribution >= 4 is 5.78 Å². The molecule has 0 spiro atoms. The molecule has 3 saturated heterocycles. The fraction of sp³-hybridized carbons (Fsp3) is 0.606. The van der Waals surface area contributed by atoms with Crippen LogP contribution < -0.4 is 9.47 Å². The number of rotatable bonds is 9. The van der Waals surface area contributed by atoms with E-state index < -0.39 is 129 Å². The predicted molar refractivity (Wildman–Crippen MR) is 169 cm³/mol. The summed E-state index contributed by atoms with van der Waals surface area (Å²) < 4.78 is 44.9. The lowest BCUT2D eigenvalue weighted by atomic mass is 9.92. The minimum atomic E-state index is -1.97. The molecule has 4 aliphatic rings. The van der Waals surface area contributed by atoms with Crippen molar-refractivity contribution in [3.05, 3.63) is 41.5 Å². The first-order valence-corrected chi connectivity index (χ1v) is 16.5. The van der Waals surface area contributed by atoms with Gasteiger partial charge in [0, 0.05) is 12.1 Å². The molecule has 4 heterocycles. The molecular weight excluding hydrogens is 716 g/mol. The molecule has 3 fully saturated rings. The van der Waals surface area contributed by atoms with Crippen LogP contribution in [-0.4, -0.2) is 174 Å². The van der Waals surface area contributed by atoms with Gasteiger partial charge in [-0.05, 0) is 24.6 Å². The molecule has 20 nitrogen and oxygen atoms in total. The van der Waals surface area contributed by atoms with Crippen LogP contribution in [0.3, 0.4) is 0 Å². The maximum Gasteiger partial charge on any atom is 0.203 e. The normalized spacial score (nSPS) is 40.3. The second kappa shape index (κ2) is 15.7. The van der Waals surface area contributed by atoms with Gasteiger partial charge in [0.1, 0.15) is 83.9 Å². The first-order chi connectivity index (χ1) is 25.1. The molecule has 20 heteroatoms. The maximum atomic E-state index is 13.9. The Morgan fingerprint density at radius 3 is 2.19 bits per heavy atom. The maximum absolute atomic E-state index is 13.9. The first-order valence-electron chi connectivity index (χ1n) is 16.5. The van der Waals surface area contributed by atoms with Gasteiger partial charge in [-0.25, -0.2) is 0 Å². The molecule has 0 amide bonds. The molecule has 16 atom stereocenters. The van der Waals surface area contributed by atoms with Gasteiger partial charge in [0.05, 0.1) is 26.4 Å². The SMILES string of the molecule is COc1cc(C2Oc3cc(O)cc(O)c3C(=O)C2O[C@@H]2O[C@@H](CO[C@@H]3O[C@@H](C)[C@H](O)[C@@H](OC4OC[C@@H](O)[C@H](O)[C@H]4O)[C@@H]3O)[C@H](O)[C@H](O)[C@H]2O)ccc1O. The molecule has 53 heavy (non-hydrogen) atoms. The van der Waals surface area contributed by atoms with Crippen LogP contribution in [-0.2, 0) is 28.4 Å². The fourth-order valence-electron chi connectivity index (χ4n) is 6.50. The summed E-state index contributed by atoms with van der Waals surface area (Å²) in [5.74, 6) is -2.44. The predicted octanol–water partition coefficient (Wildman–Crippen LogP) is -3.37. The van der Waals surface area contributed by atoms with Crippen LogP contribution >= 0.6 is 0 Å². The van der Waals surface area contributed by atoms with Gasteiger partial charge < -0.3 is 94.1 Å². The van der Waals surface area contributed by atoms with E-state index in [-0.39, 0.29) is 28.4 Å². The Bertz CT molecular complexity index is 1610. The summed E-state index contributed by atoms with van der Waals surface area (Å²) in [5, 5.41) is 115. The third-order valence-electron chi connectivity index (χ3n) is 9.53. The minimum absolute atomic E-state index is 0.00742. The van der Waals surface area contributed by atoms with Crippen molar-refractivity contribution in [3.8, 4) is 28.7 Å². The Hall–Kier alpha value is -3.45. The highest BCUT2D eigenvalue weighted by atomic mass is 16.7. The van der Waals surface area contributed by atoms with Gasteiger partial charge in [-0.2, -0.15) is 0 Å². The standard InChI is InChI=1S/C33H42O20/c1-10-20(38)29(52-31-25(43)21(39)15(37)8-47-31)27(45)32(49-10)48-9-18-22(40)24(42)26(44)33(51-18)53-30-23(41)19-14(36)6-12(34)7-17(19)50-28(30)11-3-4-13(35)16(5-11)46-2/h3-7,10,15,18,20-22,24-40,42-45H,8-9H2,1-2H3/t10-,15+,18-,20-,21-,22-,24-,25+,26+,27-,28?,29+,30?,31?,32+,33-/m0/s1. The van der Waals surface area contributed by atoms with E-state index in [1.54, 1.807) is 0 Å². The van der Waals surface area contributed by atoms with Crippen molar-refractivity contribution in [1.82, 2.24) is 0 Å². The lowest BCUT2D eigenvalue weighted by molar-refractivity contribution is -0.355. The number of benzene rings is 2. The summed E-state index contributed by atoms with van der Waals surface area (Å²) >= 11 is 0. The van der Waals surface area contributed by atoms with Crippen LogP contribution in [0.25, 0.3) is 0 Å². The number of Topliss-reactive ketones (excluding diaryl/α,β-unsaturated/α-hetero) is 1. The zero-order valence-electron chi connectivity index (χ0n) is 28.1. The highest BCUT2D eigenvalue weighted by Gasteiger charge is 2.52. The van der Waals surface area contributed by atoms with Gasteiger partial charge in [-0.15, -0.1) is 0 Å². The Morgan fingerprint density at radius 1 is 0.755 bits per heavy atom. The molecule has 0 aliphatic carbocycles. The number of aromatic hydroxyl groups is 3. The van der Waals surface area contributed by atoms with E-state index in [2.05, 4.69) is 0 Å². The molecular formula is C33H42O20. The van der Waals surface area contributed by atoms with Crippen molar-refractivity contribution in [3.63, 3.8) is 0 Å². The third-order valence-corrected chi connectivity index (χ3v) is 9.53. The largest absolute Gasteiger partial charge is 0.508 e. The highest BCUT2D eigenvalue weighted by molar-refractivity contribution is 6.05. The van der Waals surface area contributed by atoms with Gasteiger partial charge >= 0.3 is 0 Å². The molecule has 11 N–H and O–H groups in total. The number of fused-ring (bicyclic) bond motifs is 1. The molecule has 0 bridgehead atoms. The third kappa shape index (κ3) is 7.61. The van der Waals surface area contributed by atoms with Crippen molar-refractivity contribution < 1.29 is 98.9 Å². The number of phenolic OH excluding ortho intramolecular Hbond substituents is 3. The fourth-order valence-corrected chi connectivity index (χ4v) is 6.50. The van der Waals surface area contributed by atoms with Gasteiger partial charge in [-0.3, -0.25) is 4.79 Å². The summed E-state index contributed by atoms with van der Waals surface area (Å²) in [7, 11) is 1.28. The number of carbonyl (C=O) groups excluding carboxylic acids is 1. The molecule has 0 radical (unpaired) electrons. The Balaban J connectivity index is 1.20. The topological polar surface area (TPSA) is 313 Å². The van der Waals surface area contributed by atoms with Crippen LogP contribution in [0.2, 0.25) is 0 Å². The highest BCUT2D eigenvalue weighted by Crippen LogP contribution is 2.45. The van der Waals surface area contributed by atoms with Crippen LogP contribution in [0.4, 0.5) is 0 Å². The summed E-state index contributed by atoms with van der Waals surface area (Å²) in [4.78, 5) is 13.9. The van der Waals surface area contributed by atoms with Crippen LogP contribution in [0, 0.1) is 0 Å². The monoisotopic (exact) mass is 758 g/mol. The van der Waals surface area contributed by atoms with Crippen LogP contribution in [0.5, 0.6) is 28.7 Å². The van der Waals surface area contributed by atoms with Crippen molar-refractivity contribution in [1.29, 1.82) is 0 Å². The summed E-state index contributed by atoms with van der Waals surface area (Å²) in [6, 6.07) is 5.95. The number of aliphatic hydroxyl groups is 8. The summed E-state index contributed by atoms with van der Waals surface area (Å²) in [6.07, 6.45) is -26.1.